The topological polar surface area (TPSA) is 6.48 Å². The molecule has 0 unspecified atom stereocenters. The Morgan fingerprint density at radius 3 is 1.17 bits per heavy atom. The van der Waals surface area contributed by atoms with Gasteiger partial charge in [-0.15, -0.1) is 0 Å². The summed E-state index contributed by atoms with van der Waals surface area (Å²) < 4.78 is 0. The first-order valence-electron chi connectivity index (χ1n) is 28.7. The van der Waals surface area contributed by atoms with Crippen LogP contribution in [0.25, 0.3) is 120 Å². The summed E-state index contributed by atoms with van der Waals surface area (Å²) in [5.41, 5.74) is 17.9. The van der Waals surface area contributed by atoms with Crippen molar-refractivity contribution >= 4 is 110 Å². The Morgan fingerprint density at radius 1 is 0.232 bits per heavy atom. The highest BCUT2D eigenvalue weighted by Gasteiger charge is 2.28. The monoisotopic (exact) mass is 1040 g/mol. The van der Waals surface area contributed by atoms with Crippen LogP contribution < -0.4 is 9.80 Å². The maximum absolute atomic E-state index is 2.51. The molecule has 15 aromatic carbocycles. The van der Waals surface area contributed by atoms with Gasteiger partial charge in [0.2, 0.25) is 0 Å². The van der Waals surface area contributed by atoms with Crippen LogP contribution in [0, 0.1) is 0 Å². The molecule has 1 aliphatic carbocycles. The second-order valence-corrected chi connectivity index (χ2v) is 23.1. The molecule has 82 heavy (non-hydrogen) atoms. The zero-order chi connectivity index (χ0) is 54.6. The van der Waals surface area contributed by atoms with Gasteiger partial charge in [-0.3, -0.25) is 0 Å². The first-order chi connectivity index (χ1) is 40.3. The van der Waals surface area contributed by atoms with E-state index in [0.29, 0.717) is 0 Å². The lowest BCUT2D eigenvalue weighted by atomic mass is 9.82. The summed E-state index contributed by atoms with van der Waals surface area (Å²) in [4.78, 5) is 4.93. The standard InChI is InChI=1S/C80H56N2/c1-80(2,3)53-37-39-56(40-38-53)81(54-23-6-4-7-24-54)57-41-43-69-74(49-57)78(72-47-51-21-10-12-27-59(51)61-29-14-18-33-65(61)72)70-44-42-58(50-75(70)79(69)73-48-52-22-11-13-28-60(52)62-30-15-19-34-66(62)73)82(55-25-8-5-9-26-55)76-46-45-68-64-32-17-16-31-63(64)67-35-20-36-71(76)77(67)68/h4-50H,1-3H3. The molecule has 0 heterocycles. The van der Waals surface area contributed by atoms with Gasteiger partial charge in [0.25, 0.3) is 0 Å². The third kappa shape index (κ3) is 7.49. The number of nitrogens with zero attached hydrogens (tertiary/aromatic N) is 2. The number of hydrogen-bond acceptors (Lipinski definition) is 2. The van der Waals surface area contributed by atoms with Gasteiger partial charge in [0, 0.05) is 33.8 Å². The number of rotatable bonds is 8. The predicted molar refractivity (Wildman–Crippen MR) is 352 cm³/mol. The molecule has 0 amide bonds. The van der Waals surface area contributed by atoms with Crippen LogP contribution in [-0.2, 0) is 5.41 Å². The van der Waals surface area contributed by atoms with E-state index >= 15 is 0 Å². The molecular formula is C80H56N2. The molecule has 0 aromatic heterocycles. The van der Waals surface area contributed by atoms with Crippen LogP contribution in [0.4, 0.5) is 34.1 Å². The summed E-state index contributed by atoms with van der Waals surface area (Å²) in [7, 11) is 0. The van der Waals surface area contributed by atoms with Gasteiger partial charge in [0.1, 0.15) is 0 Å². The summed E-state index contributed by atoms with van der Waals surface area (Å²) in [6, 6.07) is 107. The van der Waals surface area contributed by atoms with Crippen molar-refractivity contribution in [3.8, 4) is 44.5 Å². The van der Waals surface area contributed by atoms with Gasteiger partial charge < -0.3 is 9.80 Å². The largest absolute Gasteiger partial charge is 0.310 e. The maximum Gasteiger partial charge on any atom is 0.0540 e. The molecule has 1 aliphatic rings. The number of fused-ring (bicyclic) bond motifs is 11. The van der Waals surface area contributed by atoms with Crippen LogP contribution in [0.3, 0.4) is 0 Å². The minimum Gasteiger partial charge on any atom is -0.310 e. The van der Waals surface area contributed by atoms with Gasteiger partial charge in [-0.05, 0) is 204 Å². The van der Waals surface area contributed by atoms with Gasteiger partial charge in [0.05, 0.1) is 5.69 Å². The third-order valence-electron chi connectivity index (χ3n) is 17.5. The Labute approximate surface area is 478 Å². The minimum atomic E-state index is 0.0149. The van der Waals surface area contributed by atoms with E-state index in [0.717, 1.165) is 34.1 Å². The predicted octanol–water partition coefficient (Wildman–Crippen LogP) is 23.0. The fourth-order valence-electron chi connectivity index (χ4n) is 13.7. The Bertz CT molecular complexity index is 5040. The highest BCUT2D eigenvalue weighted by atomic mass is 15.1. The SMILES string of the molecule is CC(C)(C)c1ccc(N(c2ccccc2)c2ccc3c(-c4cc5ccccc5c5ccccc45)c4cc(N(c5ccccc5)c5ccc6c7c(cccc57)-c5ccccc5-6)ccc4c(-c4cc5ccccc5c5ccccc45)c3c2)cc1. The van der Waals surface area contributed by atoms with E-state index in [1.54, 1.807) is 0 Å². The third-order valence-corrected chi connectivity index (χ3v) is 17.5. The summed E-state index contributed by atoms with van der Waals surface area (Å²) >= 11 is 0. The molecular weight excluding hydrogens is 989 g/mol. The van der Waals surface area contributed by atoms with Crippen molar-refractivity contribution in [1.82, 2.24) is 0 Å². The van der Waals surface area contributed by atoms with Crippen LogP contribution >= 0.6 is 0 Å². The fraction of sp³-hybridized carbons (Fsp3) is 0.0500. The van der Waals surface area contributed by atoms with Crippen LogP contribution in [-0.4, -0.2) is 0 Å². The highest BCUT2D eigenvalue weighted by molar-refractivity contribution is 6.29. The number of hydrogen-bond donors (Lipinski definition) is 0. The smallest absolute Gasteiger partial charge is 0.0540 e. The van der Waals surface area contributed by atoms with Crippen LogP contribution in [0.15, 0.2) is 285 Å². The molecule has 386 valence electrons. The van der Waals surface area contributed by atoms with E-state index in [1.165, 1.54) is 125 Å². The molecule has 2 heteroatoms. The van der Waals surface area contributed by atoms with Gasteiger partial charge in [-0.1, -0.05) is 227 Å². The number of anilines is 6. The summed E-state index contributed by atoms with van der Waals surface area (Å²) in [6.07, 6.45) is 0. The van der Waals surface area contributed by atoms with Gasteiger partial charge in [-0.25, -0.2) is 0 Å². The molecule has 0 N–H and O–H groups in total. The highest BCUT2D eigenvalue weighted by Crippen LogP contribution is 2.54. The summed E-state index contributed by atoms with van der Waals surface area (Å²) in [5, 5.41) is 17.1. The molecule has 0 saturated carbocycles. The van der Waals surface area contributed by atoms with Crippen molar-refractivity contribution in [1.29, 1.82) is 0 Å². The molecule has 16 rings (SSSR count). The van der Waals surface area contributed by atoms with Crippen LogP contribution in [0.2, 0.25) is 0 Å². The van der Waals surface area contributed by atoms with E-state index in [1.807, 2.05) is 0 Å². The normalized spacial score (nSPS) is 12.1. The van der Waals surface area contributed by atoms with Gasteiger partial charge in [-0.2, -0.15) is 0 Å². The van der Waals surface area contributed by atoms with Crippen molar-refractivity contribution in [2.45, 2.75) is 26.2 Å². The lowest BCUT2D eigenvalue weighted by molar-refractivity contribution is 0.590. The average molecular weight is 1050 g/mol. The fourth-order valence-corrected chi connectivity index (χ4v) is 13.7. The van der Waals surface area contributed by atoms with Gasteiger partial charge in [0.15, 0.2) is 0 Å². The molecule has 0 bridgehead atoms. The number of benzene rings is 15. The lowest BCUT2D eigenvalue weighted by Gasteiger charge is -2.29. The molecule has 15 aromatic rings. The zero-order valence-corrected chi connectivity index (χ0v) is 46.0. The Kier molecular flexibility index (Phi) is 10.9. The first-order valence-corrected chi connectivity index (χ1v) is 28.7. The van der Waals surface area contributed by atoms with Crippen molar-refractivity contribution in [2.75, 3.05) is 9.80 Å². The van der Waals surface area contributed by atoms with E-state index in [2.05, 4.69) is 316 Å². The quantitative estimate of drug-likeness (QED) is 0.111. The van der Waals surface area contributed by atoms with Crippen molar-refractivity contribution in [3.05, 3.63) is 291 Å². The second-order valence-electron chi connectivity index (χ2n) is 23.1. The lowest BCUT2D eigenvalue weighted by Crippen LogP contribution is -2.13. The Morgan fingerprint density at radius 2 is 0.634 bits per heavy atom. The molecule has 0 atom stereocenters. The van der Waals surface area contributed by atoms with Crippen molar-refractivity contribution in [3.63, 3.8) is 0 Å². The Balaban J connectivity index is 1.06. The van der Waals surface area contributed by atoms with E-state index in [4.69, 9.17) is 0 Å². The molecule has 0 spiro atoms. The van der Waals surface area contributed by atoms with Crippen molar-refractivity contribution in [2.24, 2.45) is 0 Å². The van der Waals surface area contributed by atoms with Gasteiger partial charge >= 0.3 is 0 Å². The van der Waals surface area contributed by atoms with E-state index in [-0.39, 0.29) is 5.41 Å². The Hall–Kier alpha value is -10.3. The second kappa shape index (κ2) is 18.7. The van der Waals surface area contributed by atoms with E-state index < -0.39 is 0 Å². The maximum atomic E-state index is 2.51. The molecule has 0 saturated heterocycles. The summed E-state index contributed by atoms with van der Waals surface area (Å²) in [6.45, 7) is 6.86. The van der Waals surface area contributed by atoms with E-state index in [9.17, 15) is 0 Å². The molecule has 0 aliphatic heterocycles. The van der Waals surface area contributed by atoms with Crippen molar-refractivity contribution < 1.29 is 0 Å². The molecule has 0 radical (unpaired) electrons. The average Bonchev–Trinajstić information content (AvgIpc) is 2.18. The minimum absolute atomic E-state index is 0.0149. The van der Waals surface area contributed by atoms with Crippen LogP contribution in [0.1, 0.15) is 26.3 Å². The zero-order valence-electron chi connectivity index (χ0n) is 46.0. The van der Waals surface area contributed by atoms with Crippen LogP contribution in [0.5, 0.6) is 0 Å². The number of para-hydroxylation sites is 2. The first kappa shape index (κ1) is 47.7. The molecule has 2 nitrogen and oxygen atoms in total. The summed E-state index contributed by atoms with van der Waals surface area (Å²) in [5.74, 6) is 0. The molecule has 0 fully saturated rings.